The molecule has 0 saturated carbocycles. The number of esters is 1. The van der Waals surface area contributed by atoms with Gasteiger partial charge in [-0.1, -0.05) is 25.1 Å². The smallest absolute Gasteiger partial charge is 0.338 e. The van der Waals surface area contributed by atoms with E-state index in [4.69, 9.17) is 4.74 Å². The number of rotatable bonds is 4. The largest absolute Gasteiger partial charge is 0.462 e. The van der Waals surface area contributed by atoms with Gasteiger partial charge in [0.15, 0.2) is 0 Å². The van der Waals surface area contributed by atoms with Crippen LogP contribution in [0, 0.1) is 5.82 Å². The lowest BCUT2D eigenvalue weighted by Gasteiger charge is -2.07. The number of hydrogen-bond donors (Lipinski definition) is 0. The van der Waals surface area contributed by atoms with Crippen LogP contribution in [0.3, 0.4) is 0 Å². The minimum atomic E-state index is -0.365. The molecule has 0 aliphatic carbocycles. The summed E-state index contributed by atoms with van der Waals surface area (Å²) in [4.78, 5) is 11.6. The molecule has 0 spiro atoms. The molecular weight excluding hydrogens is 207 g/mol. The lowest BCUT2D eigenvalue weighted by molar-refractivity contribution is -0.136. The van der Waals surface area contributed by atoms with Crippen LogP contribution < -0.4 is 0 Å². The maximum absolute atomic E-state index is 12.7. The first kappa shape index (κ1) is 12.4. The highest BCUT2D eigenvalue weighted by Crippen LogP contribution is 2.16. The number of carbonyl (C=O) groups excluding carboxylic acids is 1. The molecule has 0 aliphatic rings. The quantitative estimate of drug-likeness (QED) is 0.577. The second-order valence-corrected chi connectivity index (χ2v) is 3.35. The van der Waals surface area contributed by atoms with Crippen LogP contribution in [0.4, 0.5) is 4.39 Å². The Morgan fingerprint density at radius 1 is 1.38 bits per heavy atom. The van der Waals surface area contributed by atoms with Crippen LogP contribution in [0.1, 0.15) is 25.8 Å². The van der Waals surface area contributed by atoms with Gasteiger partial charge in [-0.25, -0.2) is 9.18 Å². The molecular formula is C13H15FO2. The van der Waals surface area contributed by atoms with Crippen LogP contribution in [0.25, 0.3) is 5.57 Å². The molecule has 16 heavy (non-hydrogen) atoms. The van der Waals surface area contributed by atoms with Crippen molar-refractivity contribution in [2.75, 3.05) is 6.61 Å². The highest BCUT2D eigenvalue weighted by atomic mass is 19.1. The topological polar surface area (TPSA) is 26.3 Å². The number of carbonyl (C=O) groups is 1. The molecule has 0 amide bonds. The first-order valence-electron chi connectivity index (χ1n) is 5.28. The molecule has 0 aliphatic heterocycles. The Bertz CT molecular complexity index is 379. The standard InChI is InChI=1S/C13H15FO2/c1-3-9-16-13(15)12(4-2)10-5-7-11(14)8-6-10/h4-8H,3,9H2,1-2H3/b12-4+. The Kier molecular flexibility index (Phi) is 4.70. The van der Waals surface area contributed by atoms with Crippen molar-refractivity contribution in [2.45, 2.75) is 20.3 Å². The third-order valence-corrected chi connectivity index (χ3v) is 2.10. The summed E-state index contributed by atoms with van der Waals surface area (Å²) in [5.41, 5.74) is 1.14. The number of allylic oxidation sites excluding steroid dienone is 1. The van der Waals surface area contributed by atoms with Gasteiger partial charge in [0.25, 0.3) is 0 Å². The van der Waals surface area contributed by atoms with Gasteiger partial charge < -0.3 is 4.74 Å². The fraction of sp³-hybridized carbons (Fsp3) is 0.308. The first-order chi connectivity index (χ1) is 7.69. The molecule has 0 N–H and O–H groups in total. The minimum absolute atomic E-state index is 0.318. The van der Waals surface area contributed by atoms with Gasteiger partial charge in [-0.2, -0.15) is 0 Å². The molecule has 0 saturated heterocycles. The SMILES string of the molecule is C/C=C(/C(=O)OCCC)c1ccc(F)cc1. The Hall–Kier alpha value is -1.64. The molecule has 0 aromatic heterocycles. The van der Waals surface area contributed by atoms with Crippen molar-refractivity contribution >= 4 is 11.5 Å². The zero-order valence-electron chi connectivity index (χ0n) is 9.50. The molecule has 1 aromatic rings. The normalized spacial score (nSPS) is 11.3. The van der Waals surface area contributed by atoms with E-state index in [1.54, 1.807) is 25.1 Å². The van der Waals surface area contributed by atoms with Gasteiger partial charge in [-0.3, -0.25) is 0 Å². The zero-order valence-corrected chi connectivity index (χ0v) is 9.50. The van der Waals surface area contributed by atoms with Gasteiger partial charge in [-0.15, -0.1) is 0 Å². The first-order valence-corrected chi connectivity index (χ1v) is 5.28. The van der Waals surface area contributed by atoms with Gasteiger partial charge in [-0.05, 0) is 31.0 Å². The van der Waals surface area contributed by atoms with E-state index < -0.39 is 0 Å². The maximum Gasteiger partial charge on any atom is 0.338 e. The van der Waals surface area contributed by atoms with Crippen molar-refractivity contribution in [2.24, 2.45) is 0 Å². The number of benzene rings is 1. The van der Waals surface area contributed by atoms with Crippen molar-refractivity contribution in [1.29, 1.82) is 0 Å². The second kappa shape index (κ2) is 6.05. The molecule has 0 unspecified atom stereocenters. The molecule has 0 fully saturated rings. The molecule has 1 rings (SSSR count). The molecule has 0 radical (unpaired) electrons. The third kappa shape index (κ3) is 3.19. The Labute approximate surface area is 94.7 Å². The van der Waals surface area contributed by atoms with Crippen molar-refractivity contribution in [1.82, 2.24) is 0 Å². The van der Waals surface area contributed by atoms with E-state index in [9.17, 15) is 9.18 Å². The molecule has 86 valence electrons. The molecule has 2 nitrogen and oxygen atoms in total. The molecule has 0 bridgehead atoms. The highest BCUT2D eigenvalue weighted by molar-refractivity contribution is 6.16. The Morgan fingerprint density at radius 2 is 2.00 bits per heavy atom. The Balaban J connectivity index is 2.83. The summed E-state index contributed by atoms with van der Waals surface area (Å²) in [5.74, 6) is -0.683. The lowest BCUT2D eigenvalue weighted by Crippen LogP contribution is -2.07. The predicted octanol–water partition coefficient (Wildman–Crippen LogP) is 3.18. The lowest BCUT2D eigenvalue weighted by atomic mass is 10.1. The van der Waals surface area contributed by atoms with Gasteiger partial charge in [0.05, 0.1) is 12.2 Å². The van der Waals surface area contributed by atoms with Crippen molar-refractivity contribution in [3.63, 3.8) is 0 Å². The average molecular weight is 222 g/mol. The van der Waals surface area contributed by atoms with Gasteiger partial charge in [0.1, 0.15) is 5.82 Å². The molecule has 0 atom stereocenters. The monoisotopic (exact) mass is 222 g/mol. The van der Waals surface area contributed by atoms with Gasteiger partial charge in [0.2, 0.25) is 0 Å². The van der Waals surface area contributed by atoms with Crippen LogP contribution >= 0.6 is 0 Å². The van der Waals surface area contributed by atoms with Crippen molar-refractivity contribution < 1.29 is 13.9 Å². The van der Waals surface area contributed by atoms with Gasteiger partial charge in [0, 0.05) is 0 Å². The van der Waals surface area contributed by atoms with E-state index in [0.29, 0.717) is 17.7 Å². The van der Waals surface area contributed by atoms with Crippen LogP contribution in [0.5, 0.6) is 0 Å². The van der Waals surface area contributed by atoms with Crippen molar-refractivity contribution in [3.8, 4) is 0 Å². The number of halogens is 1. The van der Waals surface area contributed by atoms with Crippen molar-refractivity contribution in [3.05, 3.63) is 41.7 Å². The van der Waals surface area contributed by atoms with E-state index >= 15 is 0 Å². The van der Waals surface area contributed by atoms with Crippen LogP contribution in [-0.2, 0) is 9.53 Å². The Morgan fingerprint density at radius 3 is 2.50 bits per heavy atom. The summed E-state index contributed by atoms with van der Waals surface area (Å²) >= 11 is 0. The fourth-order valence-electron chi connectivity index (χ4n) is 1.30. The fourth-order valence-corrected chi connectivity index (χ4v) is 1.30. The maximum atomic E-state index is 12.7. The summed E-state index contributed by atoms with van der Waals surface area (Å²) in [6, 6.07) is 5.79. The van der Waals surface area contributed by atoms with E-state index in [2.05, 4.69) is 0 Å². The molecule has 1 aromatic carbocycles. The minimum Gasteiger partial charge on any atom is -0.462 e. The second-order valence-electron chi connectivity index (χ2n) is 3.35. The summed E-state index contributed by atoms with van der Waals surface area (Å²) in [7, 11) is 0. The average Bonchev–Trinajstić information content (AvgIpc) is 2.30. The summed E-state index contributed by atoms with van der Waals surface area (Å²) in [6.07, 6.45) is 2.46. The number of ether oxygens (including phenoxy) is 1. The van der Waals surface area contributed by atoms with Crippen LogP contribution in [0.15, 0.2) is 30.3 Å². The third-order valence-electron chi connectivity index (χ3n) is 2.10. The molecule has 3 heteroatoms. The summed E-state index contributed by atoms with van der Waals surface area (Å²) < 4.78 is 17.8. The summed E-state index contributed by atoms with van der Waals surface area (Å²) in [5, 5.41) is 0. The molecule has 0 heterocycles. The zero-order chi connectivity index (χ0) is 12.0. The van der Waals surface area contributed by atoms with Gasteiger partial charge >= 0.3 is 5.97 Å². The summed E-state index contributed by atoms with van der Waals surface area (Å²) in [6.45, 7) is 4.09. The van der Waals surface area contributed by atoms with E-state index in [-0.39, 0.29) is 11.8 Å². The highest BCUT2D eigenvalue weighted by Gasteiger charge is 2.11. The predicted molar refractivity (Wildman–Crippen MR) is 61.3 cm³/mol. The number of hydrogen-bond acceptors (Lipinski definition) is 2. The van der Waals surface area contributed by atoms with Crippen LogP contribution in [0.2, 0.25) is 0 Å². The van der Waals surface area contributed by atoms with E-state index in [1.165, 1.54) is 12.1 Å². The van der Waals surface area contributed by atoms with E-state index in [1.807, 2.05) is 6.92 Å². The van der Waals surface area contributed by atoms with E-state index in [0.717, 1.165) is 6.42 Å². The van der Waals surface area contributed by atoms with Crippen LogP contribution in [-0.4, -0.2) is 12.6 Å².